The number of hydrogen-bond acceptors (Lipinski definition) is 4. The van der Waals surface area contributed by atoms with E-state index in [1.807, 2.05) is 6.07 Å². The van der Waals surface area contributed by atoms with Crippen LogP contribution in [-0.4, -0.2) is 23.4 Å². The summed E-state index contributed by atoms with van der Waals surface area (Å²) in [5.41, 5.74) is 6.38. The van der Waals surface area contributed by atoms with Crippen molar-refractivity contribution in [1.82, 2.24) is 0 Å². The number of nitrogens with two attached hydrogens (primary N) is 1. The highest BCUT2D eigenvalue weighted by molar-refractivity contribution is 7.19. The lowest BCUT2D eigenvalue weighted by atomic mass is 10.00. The van der Waals surface area contributed by atoms with Crippen molar-refractivity contribution in [2.45, 2.75) is 57.4 Å². The van der Waals surface area contributed by atoms with Gasteiger partial charge in [0.15, 0.2) is 0 Å². The summed E-state index contributed by atoms with van der Waals surface area (Å²) in [6.07, 6.45) is 8.97. The lowest BCUT2D eigenvalue weighted by Crippen LogP contribution is -2.43. The average molecular weight is 336 g/mol. The van der Waals surface area contributed by atoms with Gasteiger partial charge in [-0.15, -0.1) is 11.3 Å². The molecule has 0 aliphatic rings. The molecule has 1 aromatic heterocycles. The third-order valence-electron chi connectivity index (χ3n) is 4.45. The lowest BCUT2D eigenvalue weighted by Gasteiger charge is -2.22. The van der Waals surface area contributed by atoms with E-state index in [9.17, 15) is 10.2 Å². The summed E-state index contributed by atoms with van der Waals surface area (Å²) in [7, 11) is 0. The highest BCUT2D eigenvalue weighted by Gasteiger charge is 2.27. The molecule has 0 fully saturated rings. The highest BCUT2D eigenvalue weighted by Crippen LogP contribution is 2.32. The van der Waals surface area contributed by atoms with Crippen LogP contribution in [0.3, 0.4) is 0 Å². The zero-order chi connectivity index (χ0) is 16.7. The Labute approximate surface area is 143 Å². The van der Waals surface area contributed by atoms with Gasteiger partial charge in [0.1, 0.15) is 0 Å². The summed E-state index contributed by atoms with van der Waals surface area (Å²) in [6.45, 7) is 1.75. The Morgan fingerprint density at radius 1 is 1.00 bits per heavy atom. The molecule has 3 nitrogen and oxygen atoms in total. The normalized spacial score (nSPS) is 12.2. The molecule has 0 spiro atoms. The summed E-state index contributed by atoms with van der Waals surface area (Å²) >= 11 is 1.55. The van der Waals surface area contributed by atoms with Crippen molar-refractivity contribution in [1.29, 1.82) is 0 Å². The van der Waals surface area contributed by atoms with Gasteiger partial charge in [-0.25, -0.2) is 0 Å². The van der Waals surface area contributed by atoms with Gasteiger partial charge in [-0.1, -0.05) is 51.2 Å². The van der Waals surface area contributed by atoms with E-state index in [4.69, 9.17) is 5.73 Å². The first-order chi connectivity index (χ1) is 11.1. The number of fused-ring (bicyclic) bond motifs is 1. The zero-order valence-corrected chi connectivity index (χ0v) is 14.9. The second-order valence-electron chi connectivity index (χ2n) is 6.47. The molecular formula is C19H29NO2S. The van der Waals surface area contributed by atoms with E-state index >= 15 is 0 Å². The molecule has 23 heavy (non-hydrogen) atoms. The lowest BCUT2D eigenvalue weighted by molar-refractivity contribution is 0.123. The van der Waals surface area contributed by atoms with Gasteiger partial charge in [-0.2, -0.15) is 0 Å². The minimum Gasteiger partial charge on any atom is -0.394 e. The SMILES string of the molecule is CCCCCCCCc1ccc2sc(C(N)(CO)CO)cc2c1. The fraction of sp³-hybridized carbons (Fsp3) is 0.579. The van der Waals surface area contributed by atoms with E-state index in [0.717, 1.165) is 21.4 Å². The van der Waals surface area contributed by atoms with E-state index < -0.39 is 5.54 Å². The van der Waals surface area contributed by atoms with Crippen LogP contribution in [-0.2, 0) is 12.0 Å². The molecule has 4 heteroatoms. The largest absolute Gasteiger partial charge is 0.394 e. The first-order valence-corrected chi connectivity index (χ1v) is 9.48. The Bertz CT molecular complexity index is 604. The van der Waals surface area contributed by atoms with Gasteiger partial charge in [-0.3, -0.25) is 0 Å². The van der Waals surface area contributed by atoms with E-state index in [1.54, 1.807) is 11.3 Å². The van der Waals surface area contributed by atoms with Crippen molar-refractivity contribution in [3.05, 3.63) is 34.7 Å². The molecule has 1 heterocycles. The third-order valence-corrected chi connectivity index (χ3v) is 5.79. The number of thiophene rings is 1. The molecule has 0 radical (unpaired) electrons. The molecule has 128 valence electrons. The zero-order valence-electron chi connectivity index (χ0n) is 14.1. The second-order valence-corrected chi connectivity index (χ2v) is 7.56. The summed E-state index contributed by atoms with van der Waals surface area (Å²) in [5, 5.41) is 20.0. The maximum absolute atomic E-state index is 9.44. The van der Waals surface area contributed by atoms with Crippen LogP contribution in [0.25, 0.3) is 10.1 Å². The fourth-order valence-corrected chi connectivity index (χ4v) is 3.94. The van der Waals surface area contributed by atoms with Crippen molar-refractivity contribution >= 4 is 21.4 Å². The quantitative estimate of drug-likeness (QED) is 0.576. The molecule has 0 aliphatic heterocycles. The molecule has 0 atom stereocenters. The molecule has 0 saturated carbocycles. The monoisotopic (exact) mass is 335 g/mol. The standard InChI is InChI=1S/C19H29NO2S/c1-2-3-4-5-6-7-8-15-9-10-17-16(11-15)12-18(23-17)19(20,13-21)14-22/h9-12,21-22H,2-8,13-14,20H2,1H3. The van der Waals surface area contributed by atoms with Crippen molar-refractivity contribution in [2.75, 3.05) is 13.2 Å². The Balaban J connectivity index is 1.99. The molecule has 0 amide bonds. The van der Waals surface area contributed by atoms with Crippen LogP contribution in [0.2, 0.25) is 0 Å². The van der Waals surface area contributed by atoms with Gasteiger partial charge >= 0.3 is 0 Å². The number of aliphatic hydroxyl groups is 2. The third kappa shape index (κ3) is 4.77. The summed E-state index contributed by atoms with van der Waals surface area (Å²) in [6, 6.07) is 8.55. The Morgan fingerprint density at radius 2 is 1.70 bits per heavy atom. The van der Waals surface area contributed by atoms with Gasteiger partial charge in [-0.05, 0) is 35.9 Å². The molecule has 0 unspecified atom stereocenters. The second kappa shape index (κ2) is 8.78. The number of hydrogen-bond donors (Lipinski definition) is 3. The molecule has 2 rings (SSSR count). The van der Waals surface area contributed by atoms with Crippen LogP contribution in [0.5, 0.6) is 0 Å². The van der Waals surface area contributed by atoms with Crippen molar-refractivity contribution in [3.8, 4) is 0 Å². The number of aliphatic hydroxyl groups excluding tert-OH is 2. The predicted molar refractivity (Wildman–Crippen MR) is 98.9 cm³/mol. The predicted octanol–water partition coefficient (Wildman–Crippen LogP) is 3.94. The van der Waals surface area contributed by atoms with Crippen LogP contribution < -0.4 is 5.73 Å². The number of benzene rings is 1. The first kappa shape index (κ1) is 18.4. The van der Waals surface area contributed by atoms with Crippen molar-refractivity contribution in [3.63, 3.8) is 0 Å². The van der Waals surface area contributed by atoms with Gasteiger partial charge in [0.2, 0.25) is 0 Å². The topological polar surface area (TPSA) is 66.5 Å². The van der Waals surface area contributed by atoms with Crippen molar-refractivity contribution < 1.29 is 10.2 Å². The minimum absolute atomic E-state index is 0.249. The molecule has 0 bridgehead atoms. The van der Waals surface area contributed by atoms with Crippen LogP contribution in [0.15, 0.2) is 24.3 Å². The molecule has 0 aliphatic carbocycles. The van der Waals surface area contributed by atoms with E-state index in [0.29, 0.717) is 0 Å². The Hall–Kier alpha value is -0.940. The van der Waals surface area contributed by atoms with Crippen molar-refractivity contribution in [2.24, 2.45) is 5.73 Å². The average Bonchev–Trinajstić information content (AvgIpc) is 3.01. The number of aryl methyl sites for hydroxylation is 1. The van der Waals surface area contributed by atoms with Gasteiger partial charge in [0.25, 0.3) is 0 Å². The Morgan fingerprint density at radius 3 is 2.39 bits per heavy atom. The molecule has 1 aromatic carbocycles. The van der Waals surface area contributed by atoms with E-state index in [-0.39, 0.29) is 13.2 Å². The Kier molecular flexibility index (Phi) is 7.03. The van der Waals surface area contributed by atoms with Gasteiger partial charge in [0, 0.05) is 9.58 Å². The highest BCUT2D eigenvalue weighted by atomic mass is 32.1. The van der Waals surface area contributed by atoms with Crippen LogP contribution in [0, 0.1) is 0 Å². The summed E-state index contributed by atoms with van der Waals surface area (Å²) in [5.74, 6) is 0. The maximum atomic E-state index is 9.44. The summed E-state index contributed by atoms with van der Waals surface area (Å²) in [4.78, 5) is 0.842. The fourth-order valence-electron chi connectivity index (χ4n) is 2.81. The van der Waals surface area contributed by atoms with Crippen LogP contribution in [0.4, 0.5) is 0 Å². The number of rotatable bonds is 10. The minimum atomic E-state index is -1.04. The molecule has 4 N–H and O–H groups in total. The summed E-state index contributed by atoms with van der Waals surface area (Å²) < 4.78 is 1.16. The molecule has 2 aromatic rings. The van der Waals surface area contributed by atoms with Gasteiger partial charge < -0.3 is 15.9 Å². The molecular weight excluding hydrogens is 306 g/mol. The maximum Gasteiger partial charge on any atom is 0.0971 e. The number of unbranched alkanes of at least 4 members (excludes halogenated alkanes) is 5. The van der Waals surface area contributed by atoms with E-state index in [2.05, 4.69) is 25.1 Å². The van der Waals surface area contributed by atoms with E-state index in [1.165, 1.54) is 44.1 Å². The molecule has 0 saturated heterocycles. The smallest absolute Gasteiger partial charge is 0.0971 e. The van der Waals surface area contributed by atoms with Gasteiger partial charge in [0.05, 0.1) is 18.8 Å². The van der Waals surface area contributed by atoms with Crippen LogP contribution in [0.1, 0.15) is 55.9 Å². The first-order valence-electron chi connectivity index (χ1n) is 8.66. The van der Waals surface area contributed by atoms with Crippen LogP contribution >= 0.6 is 11.3 Å².